The Balaban J connectivity index is 1.92. The fourth-order valence-corrected chi connectivity index (χ4v) is 4.19. The van der Waals surface area contributed by atoms with Gasteiger partial charge in [0.25, 0.3) is 5.56 Å². The number of nitro benzene ring substituents is 1. The average molecular weight is 444 g/mol. The number of halogens is 1. The fourth-order valence-electron chi connectivity index (χ4n) is 2.71. The fraction of sp³-hybridized carbons (Fsp3) is 0. The number of hydrogen-bond donors (Lipinski definition) is 2. The summed E-state index contributed by atoms with van der Waals surface area (Å²) in [4.78, 5) is 31.3. The van der Waals surface area contributed by atoms with Gasteiger partial charge in [0, 0.05) is 15.4 Å². The number of aromatic nitrogens is 2. The van der Waals surface area contributed by atoms with Crippen molar-refractivity contribution in [1.82, 2.24) is 9.97 Å². The number of phenolic OH excluding ortho intramolecular Hbond substituents is 1. The molecule has 4 aromatic rings. The number of phenols is 1. The molecule has 0 radical (unpaired) electrons. The first-order valence-electron chi connectivity index (χ1n) is 7.70. The number of aromatic hydroxyl groups is 1. The molecule has 0 saturated heterocycles. The standard InChI is InChI=1S/C18H10BrN3O4S/c19-10-6-11(15(23)13(7-10)22(25)26)16-20-17(24)12-8-14(27-18(12)21-16)9-4-2-1-3-5-9/h1-8,23H,(H,20,21,24). The molecule has 2 aromatic heterocycles. The van der Waals surface area contributed by atoms with Gasteiger partial charge in [-0.15, -0.1) is 11.3 Å². The first kappa shape index (κ1) is 17.4. The van der Waals surface area contributed by atoms with Gasteiger partial charge in [-0.2, -0.15) is 0 Å². The van der Waals surface area contributed by atoms with Crippen LogP contribution in [0, 0.1) is 10.1 Å². The Morgan fingerprint density at radius 2 is 1.93 bits per heavy atom. The zero-order valence-electron chi connectivity index (χ0n) is 13.5. The Hall–Kier alpha value is -3.04. The van der Waals surface area contributed by atoms with Gasteiger partial charge in [0.1, 0.15) is 10.7 Å². The van der Waals surface area contributed by atoms with Crippen LogP contribution in [0.1, 0.15) is 0 Å². The van der Waals surface area contributed by atoms with Crippen LogP contribution in [0.25, 0.3) is 32.0 Å². The van der Waals surface area contributed by atoms with Crippen LogP contribution in [0.4, 0.5) is 5.69 Å². The second-order valence-corrected chi connectivity index (χ2v) is 7.63. The Labute approximate surface area is 164 Å². The van der Waals surface area contributed by atoms with Crippen LogP contribution in [-0.4, -0.2) is 20.0 Å². The minimum Gasteiger partial charge on any atom is -0.502 e. The van der Waals surface area contributed by atoms with Crippen molar-refractivity contribution in [1.29, 1.82) is 0 Å². The van der Waals surface area contributed by atoms with Gasteiger partial charge < -0.3 is 10.1 Å². The van der Waals surface area contributed by atoms with E-state index in [-0.39, 0.29) is 16.9 Å². The molecular weight excluding hydrogens is 434 g/mol. The minimum atomic E-state index is -0.696. The molecule has 134 valence electrons. The van der Waals surface area contributed by atoms with Crippen molar-refractivity contribution in [2.75, 3.05) is 0 Å². The van der Waals surface area contributed by atoms with E-state index in [4.69, 9.17) is 0 Å². The van der Waals surface area contributed by atoms with Gasteiger partial charge in [0.15, 0.2) is 0 Å². The van der Waals surface area contributed by atoms with E-state index in [9.17, 15) is 20.0 Å². The Kier molecular flexibility index (Phi) is 4.25. The zero-order chi connectivity index (χ0) is 19.1. The lowest BCUT2D eigenvalue weighted by Crippen LogP contribution is -2.08. The number of thiophene rings is 1. The van der Waals surface area contributed by atoms with E-state index in [1.807, 2.05) is 30.3 Å². The Bertz CT molecular complexity index is 1250. The SMILES string of the molecule is O=c1[nH]c(-c2cc(Br)cc([N+](=O)[O-])c2O)nc2sc(-c3ccccc3)cc12. The summed E-state index contributed by atoms with van der Waals surface area (Å²) in [6, 6.07) is 14.0. The molecule has 2 aromatic carbocycles. The number of nitrogens with zero attached hydrogens (tertiary/aromatic N) is 2. The summed E-state index contributed by atoms with van der Waals surface area (Å²) in [6.07, 6.45) is 0. The monoisotopic (exact) mass is 443 g/mol. The van der Waals surface area contributed by atoms with Gasteiger partial charge in [0.05, 0.1) is 15.9 Å². The normalized spacial score (nSPS) is 11.0. The first-order valence-corrected chi connectivity index (χ1v) is 9.31. The van der Waals surface area contributed by atoms with Crippen LogP contribution < -0.4 is 5.56 Å². The lowest BCUT2D eigenvalue weighted by molar-refractivity contribution is -0.385. The van der Waals surface area contributed by atoms with E-state index >= 15 is 0 Å². The zero-order valence-corrected chi connectivity index (χ0v) is 15.9. The largest absolute Gasteiger partial charge is 0.502 e. The molecule has 2 N–H and O–H groups in total. The number of H-pyrrole nitrogens is 1. The van der Waals surface area contributed by atoms with Crippen LogP contribution in [0.15, 0.2) is 57.8 Å². The predicted molar refractivity (Wildman–Crippen MR) is 107 cm³/mol. The van der Waals surface area contributed by atoms with Crippen molar-refractivity contribution < 1.29 is 10.0 Å². The van der Waals surface area contributed by atoms with Gasteiger partial charge in [-0.05, 0) is 17.7 Å². The van der Waals surface area contributed by atoms with Crippen LogP contribution >= 0.6 is 27.3 Å². The summed E-state index contributed by atoms with van der Waals surface area (Å²) in [5.74, 6) is -0.485. The van der Waals surface area contributed by atoms with Gasteiger partial charge >= 0.3 is 5.69 Å². The summed E-state index contributed by atoms with van der Waals surface area (Å²) in [5.41, 5.74) is 0.181. The number of nitro groups is 1. The predicted octanol–water partition coefficient (Wildman–Crippen LogP) is 4.69. The van der Waals surface area contributed by atoms with Crippen LogP contribution in [0.2, 0.25) is 0 Å². The summed E-state index contributed by atoms with van der Waals surface area (Å²) in [6.45, 7) is 0. The van der Waals surface area contributed by atoms with Gasteiger partial charge in [-0.3, -0.25) is 14.9 Å². The molecule has 0 bridgehead atoms. The van der Waals surface area contributed by atoms with Crippen molar-refractivity contribution in [2.24, 2.45) is 0 Å². The summed E-state index contributed by atoms with van der Waals surface area (Å²) in [7, 11) is 0. The number of fused-ring (bicyclic) bond motifs is 1. The first-order chi connectivity index (χ1) is 12.9. The van der Waals surface area contributed by atoms with E-state index in [1.165, 1.54) is 23.5 Å². The number of hydrogen-bond acceptors (Lipinski definition) is 6. The topological polar surface area (TPSA) is 109 Å². The van der Waals surface area contributed by atoms with Crippen molar-refractivity contribution in [2.45, 2.75) is 0 Å². The number of rotatable bonds is 3. The van der Waals surface area contributed by atoms with E-state index in [0.29, 0.717) is 14.7 Å². The van der Waals surface area contributed by atoms with E-state index < -0.39 is 16.4 Å². The van der Waals surface area contributed by atoms with Crippen molar-refractivity contribution in [3.63, 3.8) is 0 Å². The Morgan fingerprint density at radius 1 is 1.19 bits per heavy atom. The van der Waals surface area contributed by atoms with Crippen molar-refractivity contribution in [3.8, 4) is 27.6 Å². The smallest absolute Gasteiger partial charge is 0.312 e. The molecule has 0 spiro atoms. The maximum absolute atomic E-state index is 12.5. The maximum Gasteiger partial charge on any atom is 0.312 e. The molecule has 0 fully saturated rings. The molecule has 0 aliphatic carbocycles. The summed E-state index contributed by atoms with van der Waals surface area (Å²) in [5, 5.41) is 21.8. The van der Waals surface area contributed by atoms with E-state index in [0.717, 1.165) is 10.4 Å². The Morgan fingerprint density at radius 3 is 2.63 bits per heavy atom. The molecule has 0 atom stereocenters. The molecular formula is C18H10BrN3O4S. The quantitative estimate of drug-likeness (QED) is 0.352. The van der Waals surface area contributed by atoms with Gasteiger partial charge in [0.2, 0.25) is 5.75 Å². The van der Waals surface area contributed by atoms with Crippen LogP contribution in [0.3, 0.4) is 0 Å². The number of aromatic amines is 1. The highest BCUT2D eigenvalue weighted by molar-refractivity contribution is 9.10. The molecule has 0 saturated carbocycles. The second kappa shape index (κ2) is 6.60. The highest BCUT2D eigenvalue weighted by Crippen LogP contribution is 2.39. The maximum atomic E-state index is 12.5. The third kappa shape index (κ3) is 3.11. The average Bonchev–Trinajstić information content (AvgIpc) is 3.08. The minimum absolute atomic E-state index is 0.0656. The van der Waals surface area contributed by atoms with Gasteiger partial charge in [-0.1, -0.05) is 46.3 Å². The molecule has 9 heteroatoms. The molecule has 0 unspecified atom stereocenters. The van der Waals surface area contributed by atoms with E-state index in [1.54, 1.807) is 6.07 Å². The summed E-state index contributed by atoms with van der Waals surface area (Å²) >= 11 is 4.52. The third-order valence-corrected chi connectivity index (χ3v) is 5.50. The molecule has 2 heterocycles. The molecule has 0 aliphatic rings. The number of nitrogens with one attached hydrogen (secondary N) is 1. The molecule has 7 nitrogen and oxygen atoms in total. The number of benzene rings is 2. The molecule has 4 rings (SSSR count). The third-order valence-electron chi connectivity index (χ3n) is 3.97. The highest BCUT2D eigenvalue weighted by Gasteiger charge is 2.22. The van der Waals surface area contributed by atoms with Crippen molar-refractivity contribution >= 4 is 43.2 Å². The van der Waals surface area contributed by atoms with E-state index in [2.05, 4.69) is 25.9 Å². The molecule has 0 aliphatic heterocycles. The molecule has 0 amide bonds. The van der Waals surface area contributed by atoms with Crippen LogP contribution in [0.5, 0.6) is 5.75 Å². The van der Waals surface area contributed by atoms with Crippen molar-refractivity contribution in [3.05, 3.63) is 73.5 Å². The lowest BCUT2D eigenvalue weighted by atomic mass is 10.1. The van der Waals surface area contributed by atoms with Crippen LogP contribution in [-0.2, 0) is 0 Å². The van der Waals surface area contributed by atoms with Gasteiger partial charge in [-0.25, -0.2) is 4.98 Å². The summed E-state index contributed by atoms with van der Waals surface area (Å²) < 4.78 is 0.390. The lowest BCUT2D eigenvalue weighted by Gasteiger charge is -2.05. The highest BCUT2D eigenvalue weighted by atomic mass is 79.9. The molecule has 27 heavy (non-hydrogen) atoms. The second-order valence-electron chi connectivity index (χ2n) is 5.69.